The van der Waals surface area contributed by atoms with Crippen LogP contribution in [0.25, 0.3) is 0 Å². The number of carbonyl (C=O) groups excluding carboxylic acids is 3. The average Bonchev–Trinajstić information content (AvgIpc) is 0.819. The summed E-state index contributed by atoms with van der Waals surface area (Å²) in [7, 11) is 0.651. The number of nitrogens with one attached hydrogen (secondary N) is 2. The predicted octanol–water partition coefficient (Wildman–Crippen LogP) is 25.5. The molecule has 0 saturated carbocycles. The van der Waals surface area contributed by atoms with E-state index < -0.39 is 6.04 Å². The van der Waals surface area contributed by atoms with Crippen molar-refractivity contribution in [3.05, 3.63) is 333 Å². The van der Waals surface area contributed by atoms with Crippen molar-refractivity contribution in [2.75, 3.05) is 135 Å². The van der Waals surface area contributed by atoms with Crippen LogP contribution < -0.4 is 41.7 Å². The SMILES string of the molecule is C.CC(C)=CCN(c1ccc(C)cc1)C1CCCN(C(=O)[C@@H](N)CC(C)C)C1.CC(C)=CCN(c1ccc(C)cc1)C1CCCN(C(=O)[C@H](CC(C)C)N=CB=O)C1.CC(C)=CCN(c1ccc(C)cc1)C1CCCN(Cc2ccccc2)C1.CC(C)=CCN(c1ccc(C)cc1)C1CCCNC1.Cc1ccc(N)cc1.Cc1ccc(NC2CCCN(Cc3ccccc3)C2)cc1.O=C1CCCN(Cc2ccccc2)C1. The maximum Gasteiger partial charge on any atom is 0.146 e. The number of nitrogen functional groups attached to an aromatic ring is 1. The zero-order valence-electron chi connectivity index (χ0n) is 91.8. The summed E-state index contributed by atoms with van der Waals surface area (Å²) in [4.78, 5) is 62.9. The second kappa shape index (κ2) is 65.4. The Hall–Kier alpha value is -11.3. The summed E-state index contributed by atoms with van der Waals surface area (Å²) in [6.45, 7) is 56.7. The molecule has 0 bridgehead atoms. The van der Waals surface area contributed by atoms with Crippen molar-refractivity contribution in [2.24, 2.45) is 22.6 Å². The Morgan fingerprint density at radius 2 is 0.760 bits per heavy atom. The van der Waals surface area contributed by atoms with Crippen LogP contribution in [-0.2, 0) is 38.7 Å². The molecule has 9 aromatic rings. The number of Topliss-reactive ketones (excluding diaryl/α,β-unsaturated/α-hetero) is 1. The molecule has 9 aromatic carbocycles. The topological polar surface area (TPSA) is 186 Å². The molecule has 0 aliphatic carbocycles. The summed E-state index contributed by atoms with van der Waals surface area (Å²) in [5, 5.41) is 7.20. The van der Waals surface area contributed by atoms with Gasteiger partial charge in [0.05, 0.1) is 12.6 Å². The molecule has 6 N–H and O–H groups in total. The van der Waals surface area contributed by atoms with Crippen LogP contribution in [0.5, 0.6) is 0 Å². The molecular formula is C127H183BN14O4. The summed E-state index contributed by atoms with van der Waals surface area (Å²) in [6.07, 6.45) is 25.4. The molecule has 15 rings (SSSR count). The van der Waals surface area contributed by atoms with E-state index in [0.717, 1.165) is 142 Å². The minimum Gasteiger partial charge on any atom is -0.399 e. The number of nitrogens with zero attached hydrogens (tertiary/aromatic N) is 10. The molecule has 5 unspecified atom stereocenters. The van der Waals surface area contributed by atoms with Gasteiger partial charge in [-0.15, -0.1) is 0 Å². The number of nitrogens with two attached hydrogens (primary N) is 2. The van der Waals surface area contributed by atoms with E-state index in [-0.39, 0.29) is 31.3 Å². The number of likely N-dealkylation sites (tertiary alicyclic amines) is 5. The van der Waals surface area contributed by atoms with Crippen molar-refractivity contribution in [3.63, 3.8) is 0 Å². The van der Waals surface area contributed by atoms with Crippen molar-refractivity contribution >= 4 is 65.0 Å². The average molecular weight is 1980 g/mol. The zero-order chi connectivity index (χ0) is 104. The third-order valence-electron chi connectivity index (χ3n) is 27.6. The minimum absolute atomic E-state index is 0. The molecule has 146 heavy (non-hydrogen) atoms. The third kappa shape index (κ3) is 44.8. The normalized spacial score (nSPS) is 17.7. The monoisotopic (exact) mass is 1980 g/mol. The molecule has 6 saturated heterocycles. The summed E-state index contributed by atoms with van der Waals surface area (Å²) >= 11 is 0. The molecule has 7 atom stereocenters. The quantitative estimate of drug-likeness (QED) is 0.0135. The number of anilines is 6. The molecule has 6 heterocycles. The van der Waals surface area contributed by atoms with E-state index in [2.05, 4.69) is 386 Å². The Morgan fingerprint density at radius 3 is 1.13 bits per heavy atom. The first-order valence-electron chi connectivity index (χ1n) is 54.1. The molecule has 19 heteroatoms. The van der Waals surface area contributed by atoms with Crippen LogP contribution >= 0.6 is 0 Å². The van der Waals surface area contributed by atoms with Gasteiger partial charge in [-0.2, -0.15) is 0 Å². The van der Waals surface area contributed by atoms with Crippen molar-refractivity contribution in [3.8, 4) is 0 Å². The van der Waals surface area contributed by atoms with Crippen LogP contribution in [0.2, 0.25) is 0 Å². The maximum absolute atomic E-state index is 13.2. The fraction of sp³-hybridized carbons (Fsp3) is 0.480. The fourth-order valence-electron chi connectivity index (χ4n) is 19.5. The van der Waals surface area contributed by atoms with Gasteiger partial charge < -0.3 is 41.7 Å². The number of ketones is 1. The van der Waals surface area contributed by atoms with E-state index in [0.29, 0.717) is 68.4 Å². The van der Waals surface area contributed by atoms with Crippen molar-refractivity contribution in [1.82, 2.24) is 29.8 Å². The van der Waals surface area contributed by atoms with Gasteiger partial charge >= 0.3 is 175 Å². The molecule has 2 amide bonds. The number of allylic oxidation sites excluding steroid dienone is 4. The van der Waals surface area contributed by atoms with Crippen LogP contribution in [0.3, 0.4) is 0 Å². The van der Waals surface area contributed by atoms with Gasteiger partial charge in [0.1, 0.15) is 5.78 Å². The Kier molecular flexibility index (Phi) is 53.7. The number of piperidine rings is 6. The molecule has 0 aromatic heterocycles. The number of rotatable bonds is 32. The summed E-state index contributed by atoms with van der Waals surface area (Å²) in [6, 6.07) is 85.2. The van der Waals surface area contributed by atoms with Crippen molar-refractivity contribution < 1.29 is 19.1 Å². The standard InChI is InChI=1S/C24H36BN3O2.C24H32N2.C23H37N3O.C19H24N2.C17H26N2.C12H15NO.C7H9N.CH4/c1-18(2)12-14-28(21-10-8-20(5)9-11-21)22-7-6-13-27(16-22)24(29)23(15-19(3)4)26-17-25-30;1-20(2)15-17-26(23-13-11-21(3)12-14-23)24-10-7-16-25(19-24)18-22-8-5-4-6-9-22;1-17(2)12-14-26(20-10-8-19(5)9-11-20)21-7-6-13-25(16-21)23(27)22(24)15-18(3)4;1-16-9-11-18(12-10-16)20-19-8-5-13-21(15-19)14-17-6-3-2-4-7-17;1-14(2)10-12-19(17-5-4-11-18-13-17)16-8-6-15(3)7-9-16;14-12-7-4-8-13(10-12)9-11-5-2-1-3-6-11;1-6-2-4-7(8)5-3-6;/h8-12,17,19,22-23H,6-7,13-16H2,1-5H3;4-6,8-9,11-15,24H,7,10,16-19H2,1-3H3;8-12,18,21-22H,6-7,13-16,24H2,1-5H3;2-4,6-7,9-12,19-20H,5,8,13-15H2,1H3;6-10,17-18H,4-5,11-13H2,1-3H3;1-3,5-6H,4,7-10H2;2-5H,8H2,1H3;1H4/t22?,23-;;21?,22-;;;;;/m0.0...../s1. The van der Waals surface area contributed by atoms with Crippen molar-refractivity contribution in [2.45, 2.75) is 284 Å². The molecule has 6 aliphatic rings. The van der Waals surface area contributed by atoms with Gasteiger partial charge in [-0.3, -0.25) is 24.3 Å². The number of benzene rings is 9. The third-order valence-corrected chi connectivity index (χ3v) is 27.6. The number of aliphatic imine (C=N–C) groups is 1. The zero-order valence-corrected chi connectivity index (χ0v) is 91.8. The number of hydrogen-bond donors (Lipinski definition) is 4. The van der Waals surface area contributed by atoms with Gasteiger partial charge in [0.25, 0.3) is 0 Å². The van der Waals surface area contributed by atoms with Gasteiger partial charge in [0.15, 0.2) is 0 Å². The molecule has 6 aliphatic heterocycles. The Bertz CT molecular complexity index is 5320. The fourth-order valence-corrected chi connectivity index (χ4v) is 19.5. The molecule has 0 radical (unpaired) electrons. The van der Waals surface area contributed by atoms with E-state index in [1.165, 1.54) is 165 Å². The largest absolute Gasteiger partial charge is 0.399 e. The molecule has 6 fully saturated rings. The van der Waals surface area contributed by atoms with E-state index >= 15 is 0 Å². The van der Waals surface area contributed by atoms with Crippen LogP contribution in [0.1, 0.15) is 230 Å². The van der Waals surface area contributed by atoms with Crippen LogP contribution in [0, 0.1) is 53.4 Å². The van der Waals surface area contributed by atoms with Crippen LogP contribution in [0.15, 0.2) is 288 Å². The summed E-state index contributed by atoms with van der Waals surface area (Å²) in [5.74, 6) is 1.31. The van der Waals surface area contributed by atoms with E-state index in [1.54, 1.807) is 0 Å². The second-order valence-corrected chi connectivity index (χ2v) is 42.9. The van der Waals surface area contributed by atoms with Gasteiger partial charge in [0, 0.05) is 131 Å². The summed E-state index contributed by atoms with van der Waals surface area (Å²) < 4.78 is 10.8. The first-order chi connectivity index (χ1) is 69.8. The van der Waals surface area contributed by atoms with E-state index in [4.69, 9.17) is 11.5 Å². The predicted molar refractivity (Wildman–Crippen MR) is 625 cm³/mol. The second-order valence-electron chi connectivity index (χ2n) is 42.9. The van der Waals surface area contributed by atoms with E-state index in [9.17, 15) is 19.1 Å². The smallest absolute Gasteiger partial charge is 0.146 e. The minimum atomic E-state index is -0.473. The Balaban J connectivity index is 0.000000212. The Morgan fingerprint density at radius 1 is 0.418 bits per heavy atom. The number of hydrogen-bond acceptors (Lipinski definition) is 16. The first kappa shape index (κ1) is 120. The van der Waals surface area contributed by atoms with Crippen molar-refractivity contribution in [1.29, 1.82) is 0 Å². The van der Waals surface area contributed by atoms with Gasteiger partial charge in [-0.1, -0.05) is 236 Å². The maximum atomic E-state index is 13.2. The van der Waals surface area contributed by atoms with Crippen LogP contribution in [0.4, 0.5) is 34.1 Å². The first-order valence-corrected chi connectivity index (χ1v) is 54.1. The Labute approximate surface area is 883 Å². The molecule has 18 nitrogen and oxygen atoms in total. The molecule has 0 spiro atoms. The number of amides is 2. The summed E-state index contributed by atoms with van der Waals surface area (Å²) in [5.41, 5.74) is 36.0. The van der Waals surface area contributed by atoms with Gasteiger partial charge in [-0.25, -0.2) is 0 Å². The number of aryl methyl sites for hydroxylation is 6. The molecular weight excluding hydrogens is 1800 g/mol. The molecule has 788 valence electrons. The van der Waals surface area contributed by atoms with Crippen LogP contribution in [-0.4, -0.2) is 202 Å². The van der Waals surface area contributed by atoms with E-state index in [1.807, 2.05) is 59.2 Å². The van der Waals surface area contributed by atoms with Gasteiger partial charge in [0.2, 0.25) is 5.91 Å². The number of carbonyl (C=O) groups is 3. The van der Waals surface area contributed by atoms with Gasteiger partial charge in [-0.05, 0) is 257 Å².